The molecule has 0 saturated carbocycles. The summed E-state index contributed by atoms with van der Waals surface area (Å²) < 4.78 is 0. The molecule has 2 heteroatoms. The van der Waals surface area contributed by atoms with Crippen LogP contribution >= 0.6 is 11.3 Å². The van der Waals surface area contributed by atoms with Crippen molar-refractivity contribution in [3.05, 3.63) is 40.4 Å². The van der Waals surface area contributed by atoms with Crippen molar-refractivity contribution in [1.82, 2.24) is 4.98 Å². The number of fused-ring (bicyclic) bond motifs is 1. The van der Waals surface area contributed by atoms with Gasteiger partial charge in [0.2, 0.25) is 0 Å². The molecule has 1 aromatic carbocycles. The third-order valence-electron chi connectivity index (χ3n) is 4.29. The summed E-state index contributed by atoms with van der Waals surface area (Å²) in [6, 6.07) is 8.76. The highest BCUT2D eigenvalue weighted by Crippen LogP contribution is 2.47. The van der Waals surface area contributed by atoms with Crippen molar-refractivity contribution in [2.45, 2.75) is 52.9 Å². The molecule has 1 nitrogen and oxygen atoms in total. The van der Waals surface area contributed by atoms with Crippen LogP contribution in [0.3, 0.4) is 0 Å². The Morgan fingerprint density at radius 2 is 1.85 bits per heavy atom. The van der Waals surface area contributed by atoms with E-state index in [2.05, 4.69) is 52.0 Å². The summed E-state index contributed by atoms with van der Waals surface area (Å²) in [5.74, 6) is 0.669. The second-order valence-corrected chi connectivity index (χ2v) is 8.04. The summed E-state index contributed by atoms with van der Waals surface area (Å²) >= 11 is 1.92. The third-order valence-corrected chi connectivity index (χ3v) is 5.55. The van der Waals surface area contributed by atoms with E-state index in [1.165, 1.54) is 34.7 Å². The van der Waals surface area contributed by atoms with Crippen LogP contribution in [0.2, 0.25) is 0 Å². The van der Waals surface area contributed by atoms with Crippen LogP contribution in [0.1, 0.15) is 55.7 Å². The molecular weight excluding hydrogens is 262 g/mol. The zero-order chi connectivity index (χ0) is 14.3. The van der Waals surface area contributed by atoms with E-state index in [4.69, 9.17) is 4.98 Å². The highest BCUT2D eigenvalue weighted by atomic mass is 32.1. The summed E-state index contributed by atoms with van der Waals surface area (Å²) in [4.78, 5) is 6.47. The summed E-state index contributed by atoms with van der Waals surface area (Å²) in [5, 5.41) is 1.20. The Kier molecular flexibility index (Phi) is 3.45. The average molecular weight is 285 g/mol. The molecular formula is C18H23NS. The lowest BCUT2D eigenvalue weighted by Gasteiger charge is -2.33. The van der Waals surface area contributed by atoms with Crippen molar-refractivity contribution < 1.29 is 0 Å². The number of nitrogens with zero attached hydrogens (tertiary/aromatic N) is 1. The van der Waals surface area contributed by atoms with Gasteiger partial charge in [-0.3, -0.25) is 0 Å². The number of aromatic nitrogens is 1. The van der Waals surface area contributed by atoms with Gasteiger partial charge < -0.3 is 0 Å². The van der Waals surface area contributed by atoms with Crippen LogP contribution in [-0.4, -0.2) is 4.98 Å². The van der Waals surface area contributed by atoms with Crippen LogP contribution in [-0.2, 0) is 6.42 Å². The molecule has 0 N–H and O–H groups in total. The van der Waals surface area contributed by atoms with Crippen LogP contribution in [0, 0.1) is 12.3 Å². The first-order chi connectivity index (χ1) is 9.45. The van der Waals surface area contributed by atoms with E-state index >= 15 is 0 Å². The van der Waals surface area contributed by atoms with Gasteiger partial charge in [0.15, 0.2) is 0 Å². The van der Waals surface area contributed by atoms with E-state index in [0.29, 0.717) is 11.3 Å². The first-order valence-electron chi connectivity index (χ1n) is 7.52. The number of hydrogen-bond acceptors (Lipinski definition) is 2. The molecule has 0 fully saturated rings. The minimum absolute atomic E-state index is 0.340. The second-order valence-electron chi connectivity index (χ2n) is 7.01. The molecule has 3 rings (SSSR count). The van der Waals surface area contributed by atoms with Crippen LogP contribution in [0.4, 0.5) is 0 Å². The van der Waals surface area contributed by atoms with Crippen LogP contribution in [0.25, 0.3) is 10.6 Å². The smallest absolute Gasteiger partial charge is 0.123 e. The van der Waals surface area contributed by atoms with Gasteiger partial charge in [0.1, 0.15) is 5.01 Å². The Morgan fingerprint density at radius 3 is 2.50 bits per heavy atom. The van der Waals surface area contributed by atoms with Crippen molar-refractivity contribution in [2.75, 3.05) is 0 Å². The first-order valence-corrected chi connectivity index (χ1v) is 8.33. The second kappa shape index (κ2) is 5.00. The SMILES string of the molecule is Cc1ccc(-c2nc3c(s2)C(C(C)(C)C)CCC3)cc1. The Morgan fingerprint density at radius 1 is 1.15 bits per heavy atom. The van der Waals surface area contributed by atoms with E-state index in [0.717, 1.165) is 6.42 Å². The normalized spacial score (nSPS) is 18.9. The molecule has 106 valence electrons. The topological polar surface area (TPSA) is 12.9 Å². The Bertz CT molecular complexity index is 601. The van der Waals surface area contributed by atoms with Gasteiger partial charge in [-0.1, -0.05) is 50.6 Å². The first kappa shape index (κ1) is 13.8. The number of benzene rings is 1. The van der Waals surface area contributed by atoms with Gasteiger partial charge in [-0.05, 0) is 31.6 Å². The summed E-state index contributed by atoms with van der Waals surface area (Å²) in [6.07, 6.45) is 3.75. The molecule has 0 radical (unpaired) electrons. The fourth-order valence-electron chi connectivity index (χ4n) is 3.07. The van der Waals surface area contributed by atoms with Gasteiger partial charge in [0.05, 0.1) is 5.69 Å². The molecule has 0 bridgehead atoms. The van der Waals surface area contributed by atoms with Crippen LogP contribution < -0.4 is 0 Å². The number of thiazole rings is 1. The molecule has 20 heavy (non-hydrogen) atoms. The van der Waals surface area contributed by atoms with Crippen LogP contribution in [0.15, 0.2) is 24.3 Å². The molecule has 1 aromatic heterocycles. The molecule has 1 heterocycles. The minimum Gasteiger partial charge on any atom is -0.241 e. The van der Waals surface area contributed by atoms with Crippen molar-refractivity contribution >= 4 is 11.3 Å². The molecule has 1 aliphatic carbocycles. The third kappa shape index (κ3) is 2.54. The summed E-state index contributed by atoms with van der Waals surface area (Å²) in [6.45, 7) is 9.21. The largest absolute Gasteiger partial charge is 0.241 e. The number of hydrogen-bond donors (Lipinski definition) is 0. The lowest BCUT2D eigenvalue weighted by atomic mass is 9.74. The fourth-order valence-corrected chi connectivity index (χ4v) is 4.56. The maximum Gasteiger partial charge on any atom is 0.123 e. The van der Waals surface area contributed by atoms with Gasteiger partial charge in [-0.15, -0.1) is 11.3 Å². The van der Waals surface area contributed by atoms with Crippen molar-refractivity contribution in [2.24, 2.45) is 5.41 Å². The molecule has 0 saturated heterocycles. The van der Waals surface area contributed by atoms with Gasteiger partial charge in [0.25, 0.3) is 0 Å². The average Bonchev–Trinajstić information content (AvgIpc) is 2.81. The molecule has 1 atom stereocenters. The lowest BCUT2D eigenvalue weighted by molar-refractivity contribution is 0.293. The van der Waals surface area contributed by atoms with Gasteiger partial charge >= 0.3 is 0 Å². The maximum atomic E-state index is 4.93. The van der Waals surface area contributed by atoms with E-state index in [1.807, 2.05) is 11.3 Å². The highest BCUT2D eigenvalue weighted by Gasteiger charge is 2.33. The Hall–Kier alpha value is -1.15. The Balaban J connectivity index is 2.01. The van der Waals surface area contributed by atoms with Gasteiger partial charge in [-0.2, -0.15) is 0 Å². The number of rotatable bonds is 1. The van der Waals surface area contributed by atoms with E-state index in [-0.39, 0.29) is 0 Å². The summed E-state index contributed by atoms with van der Waals surface area (Å²) in [5.41, 5.74) is 4.27. The molecule has 0 amide bonds. The quantitative estimate of drug-likeness (QED) is 0.666. The molecule has 0 spiro atoms. The lowest BCUT2D eigenvalue weighted by Crippen LogP contribution is -2.21. The van der Waals surface area contributed by atoms with Gasteiger partial charge in [-0.25, -0.2) is 4.98 Å². The Labute approximate surface area is 126 Å². The fraction of sp³-hybridized carbons (Fsp3) is 0.500. The predicted molar refractivity (Wildman–Crippen MR) is 87.4 cm³/mol. The summed E-state index contributed by atoms with van der Waals surface area (Å²) in [7, 11) is 0. The monoisotopic (exact) mass is 285 g/mol. The minimum atomic E-state index is 0.340. The number of aryl methyl sites for hydroxylation is 2. The van der Waals surface area contributed by atoms with Crippen molar-refractivity contribution in [3.8, 4) is 10.6 Å². The van der Waals surface area contributed by atoms with Crippen molar-refractivity contribution in [3.63, 3.8) is 0 Å². The predicted octanol–water partition coefficient (Wildman–Crippen LogP) is 5.58. The maximum absolute atomic E-state index is 4.93. The zero-order valence-electron chi connectivity index (χ0n) is 12.9. The molecule has 2 aromatic rings. The standard InChI is InChI=1S/C18H23NS/c1-12-8-10-13(11-9-12)17-19-15-7-5-6-14(16(15)20-17)18(2,3)4/h8-11,14H,5-7H2,1-4H3. The molecule has 1 aliphatic rings. The van der Waals surface area contributed by atoms with E-state index in [9.17, 15) is 0 Å². The van der Waals surface area contributed by atoms with Crippen LogP contribution in [0.5, 0.6) is 0 Å². The zero-order valence-corrected chi connectivity index (χ0v) is 13.7. The van der Waals surface area contributed by atoms with Crippen molar-refractivity contribution in [1.29, 1.82) is 0 Å². The van der Waals surface area contributed by atoms with E-state index < -0.39 is 0 Å². The van der Waals surface area contributed by atoms with Gasteiger partial charge in [0, 0.05) is 16.4 Å². The highest BCUT2D eigenvalue weighted by molar-refractivity contribution is 7.15. The molecule has 1 unspecified atom stereocenters. The van der Waals surface area contributed by atoms with E-state index in [1.54, 1.807) is 4.88 Å². The molecule has 0 aliphatic heterocycles.